The molecule has 0 atom stereocenters. The van der Waals surface area contributed by atoms with Gasteiger partial charge in [-0.3, -0.25) is 0 Å². The van der Waals surface area contributed by atoms with Crippen LogP contribution in [0.3, 0.4) is 0 Å². The molecule has 32 heavy (non-hydrogen) atoms. The first-order valence-electron chi connectivity index (χ1n) is 9.21. The first-order chi connectivity index (χ1) is 15.5. The van der Waals surface area contributed by atoms with Crippen molar-refractivity contribution in [1.82, 2.24) is 9.78 Å². The Balaban J connectivity index is 1.78. The van der Waals surface area contributed by atoms with Gasteiger partial charge in [-0.2, -0.15) is 20.9 Å². The topological polar surface area (TPSA) is 102 Å². The molecule has 0 spiro atoms. The van der Waals surface area contributed by atoms with E-state index in [0.717, 1.165) is 5.56 Å². The van der Waals surface area contributed by atoms with Crippen LogP contribution in [0, 0.1) is 34.0 Å². The van der Waals surface area contributed by atoms with E-state index in [1.165, 1.54) is 10.8 Å². The molecule has 4 aromatic rings. The van der Waals surface area contributed by atoms with Gasteiger partial charge in [-0.25, -0.2) is 4.68 Å². The van der Waals surface area contributed by atoms with Gasteiger partial charge in [0.05, 0.1) is 21.3 Å². The summed E-state index contributed by atoms with van der Waals surface area (Å²) in [6.45, 7) is 0. The quantitative estimate of drug-likeness (QED) is 0.338. The van der Waals surface area contributed by atoms with E-state index in [2.05, 4.69) is 5.10 Å². The van der Waals surface area contributed by atoms with Gasteiger partial charge in [0, 0.05) is 11.6 Å². The highest BCUT2D eigenvalue weighted by Gasteiger charge is 2.22. The molecule has 0 aliphatic carbocycles. The highest BCUT2D eigenvalue weighted by atomic mass is 35.5. The third-order valence-corrected chi connectivity index (χ3v) is 5.34. The molecule has 0 aliphatic rings. The summed E-state index contributed by atoms with van der Waals surface area (Å²) in [6, 6.07) is 23.5. The fourth-order valence-corrected chi connectivity index (χ4v) is 3.40. The number of rotatable bonds is 4. The molecule has 0 unspecified atom stereocenters. The van der Waals surface area contributed by atoms with Crippen molar-refractivity contribution in [2.24, 2.45) is 0 Å². The van der Waals surface area contributed by atoms with Crippen LogP contribution >= 0.6 is 23.2 Å². The molecule has 6 nitrogen and oxygen atoms in total. The van der Waals surface area contributed by atoms with Gasteiger partial charge in [0.25, 0.3) is 0 Å². The minimum atomic E-state index is 0.0143. The van der Waals surface area contributed by atoms with Crippen LogP contribution in [0.5, 0.6) is 0 Å². The normalized spacial score (nSPS) is 10.9. The zero-order valence-electron chi connectivity index (χ0n) is 16.3. The number of para-hydroxylation sites is 1. The van der Waals surface area contributed by atoms with Crippen LogP contribution in [0.2, 0.25) is 10.0 Å². The van der Waals surface area contributed by atoms with Gasteiger partial charge in [0.1, 0.15) is 41.0 Å². The molecule has 0 saturated carbocycles. The lowest BCUT2D eigenvalue weighted by Crippen LogP contribution is -1.99. The molecule has 0 radical (unpaired) electrons. The van der Waals surface area contributed by atoms with Crippen molar-refractivity contribution < 1.29 is 4.42 Å². The standard InChI is InChI=1S/C24H11Cl2N5O/c25-20-8-6-15(11-21(20)26)23-9-7-18(32-23)10-16(12-27)24-19(13-28)22(14-29)31(30-24)17-4-2-1-3-5-17/h1-11H/b16-10+. The van der Waals surface area contributed by atoms with E-state index >= 15 is 0 Å². The molecule has 0 fully saturated rings. The van der Waals surface area contributed by atoms with Crippen LogP contribution in [-0.4, -0.2) is 9.78 Å². The monoisotopic (exact) mass is 455 g/mol. The maximum atomic E-state index is 9.76. The molecular formula is C24H11Cl2N5O. The molecule has 2 aromatic carbocycles. The number of furan rings is 1. The van der Waals surface area contributed by atoms with Crippen molar-refractivity contribution in [3.63, 3.8) is 0 Å². The second-order valence-electron chi connectivity index (χ2n) is 6.54. The van der Waals surface area contributed by atoms with Gasteiger partial charge in [-0.1, -0.05) is 41.4 Å². The Kier molecular flexibility index (Phi) is 5.79. The molecule has 0 saturated heterocycles. The van der Waals surface area contributed by atoms with Crippen LogP contribution in [0.1, 0.15) is 22.7 Å². The zero-order chi connectivity index (χ0) is 22.7. The summed E-state index contributed by atoms with van der Waals surface area (Å²) in [5.41, 5.74) is 1.57. The van der Waals surface area contributed by atoms with Gasteiger partial charge >= 0.3 is 0 Å². The second-order valence-corrected chi connectivity index (χ2v) is 7.36. The Bertz CT molecular complexity index is 1480. The minimum Gasteiger partial charge on any atom is -0.457 e. The Morgan fingerprint density at radius 1 is 0.938 bits per heavy atom. The summed E-state index contributed by atoms with van der Waals surface area (Å²) in [7, 11) is 0. The fourth-order valence-electron chi connectivity index (χ4n) is 3.10. The lowest BCUT2D eigenvalue weighted by Gasteiger charge is -2.01. The third kappa shape index (κ3) is 3.87. The van der Waals surface area contributed by atoms with Gasteiger partial charge in [-0.15, -0.1) is 0 Å². The van der Waals surface area contributed by atoms with Crippen molar-refractivity contribution in [3.05, 3.63) is 93.4 Å². The summed E-state index contributed by atoms with van der Waals surface area (Å²) in [4.78, 5) is 0. The SMILES string of the molecule is N#C/C(=C\c1ccc(-c2ccc(Cl)c(Cl)c2)o1)c1nn(-c2ccccc2)c(C#N)c1C#N. The fraction of sp³-hybridized carbons (Fsp3) is 0. The second kappa shape index (κ2) is 8.84. The number of nitrogens with zero attached hydrogens (tertiary/aromatic N) is 5. The number of allylic oxidation sites excluding steroid dienone is 1. The number of nitriles is 3. The first kappa shape index (κ1) is 21.0. The molecule has 0 aliphatic heterocycles. The summed E-state index contributed by atoms with van der Waals surface area (Å²) < 4.78 is 7.18. The minimum absolute atomic E-state index is 0.0143. The highest BCUT2D eigenvalue weighted by Crippen LogP contribution is 2.31. The van der Waals surface area contributed by atoms with E-state index in [4.69, 9.17) is 27.6 Å². The zero-order valence-corrected chi connectivity index (χ0v) is 17.8. The van der Waals surface area contributed by atoms with E-state index in [0.29, 0.717) is 27.3 Å². The van der Waals surface area contributed by atoms with E-state index in [1.54, 1.807) is 54.6 Å². The Morgan fingerprint density at radius 3 is 2.38 bits per heavy atom. The lowest BCUT2D eigenvalue weighted by atomic mass is 10.1. The molecule has 2 aromatic heterocycles. The van der Waals surface area contributed by atoms with Crippen molar-refractivity contribution in [2.45, 2.75) is 0 Å². The number of hydrogen-bond donors (Lipinski definition) is 0. The first-order valence-corrected chi connectivity index (χ1v) is 9.97. The smallest absolute Gasteiger partial charge is 0.162 e. The maximum Gasteiger partial charge on any atom is 0.162 e. The predicted molar refractivity (Wildman–Crippen MR) is 121 cm³/mol. The molecule has 0 bridgehead atoms. The number of halogens is 2. The number of hydrogen-bond acceptors (Lipinski definition) is 5. The van der Waals surface area contributed by atoms with E-state index in [9.17, 15) is 15.8 Å². The Hall–Kier alpha value is -4.28. The van der Waals surface area contributed by atoms with Crippen molar-refractivity contribution in [1.29, 1.82) is 15.8 Å². The Labute approximate surface area is 193 Å². The summed E-state index contributed by atoms with van der Waals surface area (Å²) in [5, 5.41) is 34.2. The lowest BCUT2D eigenvalue weighted by molar-refractivity contribution is 0.572. The average molecular weight is 456 g/mol. The number of aromatic nitrogens is 2. The van der Waals surface area contributed by atoms with Crippen LogP contribution in [-0.2, 0) is 0 Å². The summed E-state index contributed by atoms with van der Waals surface area (Å²) in [6.07, 6.45) is 1.47. The van der Waals surface area contributed by atoms with Crippen molar-refractivity contribution >= 4 is 34.9 Å². The average Bonchev–Trinajstić information content (AvgIpc) is 3.44. The predicted octanol–water partition coefficient (Wildman–Crippen LogP) is 6.25. The van der Waals surface area contributed by atoms with Crippen LogP contribution in [0.4, 0.5) is 0 Å². The molecule has 4 rings (SSSR count). The van der Waals surface area contributed by atoms with Gasteiger partial charge in [0.15, 0.2) is 5.69 Å². The molecule has 152 valence electrons. The van der Waals surface area contributed by atoms with Crippen molar-refractivity contribution in [3.8, 4) is 35.2 Å². The van der Waals surface area contributed by atoms with E-state index in [-0.39, 0.29) is 22.5 Å². The largest absolute Gasteiger partial charge is 0.457 e. The molecule has 0 amide bonds. The van der Waals surface area contributed by atoms with E-state index < -0.39 is 0 Å². The summed E-state index contributed by atoms with van der Waals surface area (Å²) in [5.74, 6) is 0.902. The highest BCUT2D eigenvalue weighted by molar-refractivity contribution is 6.42. The summed E-state index contributed by atoms with van der Waals surface area (Å²) >= 11 is 12.0. The third-order valence-electron chi connectivity index (χ3n) is 4.60. The van der Waals surface area contributed by atoms with Crippen molar-refractivity contribution in [2.75, 3.05) is 0 Å². The number of benzene rings is 2. The van der Waals surface area contributed by atoms with Crippen LogP contribution in [0.25, 0.3) is 28.7 Å². The molecule has 8 heteroatoms. The van der Waals surface area contributed by atoms with Gasteiger partial charge in [0.2, 0.25) is 0 Å². The molecule has 0 N–H and O–H groups in total. The molecular weight excluding hydrogens is 445 g/mol. The van der Waals surface area contributed by atoms with Gasteiger partial charge in [-0.05, 0) is 42.5 Å². The maximum absolute atomic E-state index is 9.76. The van der Waals surface area contributed by atoms with Crippen LogP contribution in [0.15, 0.2) is 65.1 Å². The van der Waals surface area contributed by atoms with Crippen LogP contribution < -0.4 is 0 Å². The molecule has 2 heterocycles. The van der Waals surface area contributed by atoms with Gasteiger partial charge < -0.3 is 4.42 Å². The Morgan fingerprint density at radius 2 is 1.72 bits per heavy atom. The van der Waals surface area contributed by atoms with E-state index in [1.807, 2.05) is 24.3 Å².